The molecule has 0 radical (unpaired) electrons. The van der Waals surface area contributed by atoms with Gasteiger partial charge < -0.3 is 4.98 Å². The average molecular weight is 215 g/mol. The number of ketones is 1. The van der Waals surface area contributed by atoms with Crippen LogP contribution in [0.25, 0.3) is 10.9 Å². The maximum Gasteiger partial charge on any atom is 0.170 e. The lowest BCUT2D eigenvalue weighted by molar-refractivity contribution is 0.0835. The van der Waals surface area contributed by atoms with E-state index in [4.69, 9.17) is 0 Å². The molecule has 0 aliphatic rings. The number of benzene rings is 1. The summed E-state index contributed by atoms with van der Waals surface area (Å²) in [5.41, 5.74) is 1.55. The van der Waals surface area contributed by atoms with E-state index in [2.05, 4.69) is 4.98 Å². The van der Waals surface area contributed by atoms with Crippen molar-refractivity contribution >= 4 is 16.7 Å². The molecular formula is C14H17NO. The molecule has 2 nitrogen and oxygen atoms in total. The lowest BCUT2D eigenvalue weighted by atomic mass is 9.82. The number of hydrogen-bond donors (Lipinski definition) is 1. The van der Waals surface area contributed by atoms with E-state index in [1.165, 1.54) is 0 Å². The summed E-state index contributed by atoms with van der Waals surface area (Å²) in [4.78, 5) is 15.5. The first-order valence-corrected chi connectivity index (χ1v) is 5.67. The molecule has 84 valence electrons. The van der Waals surface area contributed by atoms with Crippen molar-refractivity contribution in [2.24, 2.45) is 5.41 Å². The van der Waals surface area contributed by atoms with Gasteiger partial charge in [0, 0.05) is 28.1 Å². The van der Waals surface area contributed by atoms with Gasteiger partial charge in [-0.1, -0.05) is 39.0 Å². The van der Waals surface area contributed by atoms with Gasteiger partial charge in [-0.3, -0.25) is 4.79 Å². The van der Waals surface area contributed by atoms with Crippen LogP contribution in [0.15, 0.2) is 30.5 Å². The van der Waals surface area contributed by atoms with E-state index in [-0.39, 0.29) is 11.2 Å². The van der Waals surface area contributed by atoms with Gasteiger partial charge in [0.05, 0.1) is 0 Å². The number of aromatic amines is 1. The molecule has 0 atom stereocenters. The minimum absolute atomic E-state index is 0.215. The maximum absolute atomic E-state index is 12.4. The van der Waals surface area contributed by atoms with E-state index in [1.807, 2.05) is 51.2 Å². The zero-order valence-corrected chi connectivity index (χ0v) is 10.0. The number of aromatic nitrogens is 1. The highest BCUT2D eigenvalue weighted by atomic mass is 16.1. The van der Waals surface area contributed by atoms with E-state index in [9.17, 15) is 4.79 Å². The van der Waals surface area contributed by atoms with Gasteiger partial charge in [-0.05, 0) is 12.5 Å². The van der Waals surface area contributed by atoms with Crippen molar-refractivity contribution in [3.8, 4) is 0 Å². The third-order valence-electron chi connectivity index (χ3n) is 3.33. The summed E-state index contributed by atoms with van der Waals surface area (Å²) in [6, 6.07) is 7.92. The number of fused-ring (bicyclic) bond motifs is 1. The first-order chi connectivity index (χ1) is 7.56. The molecule has 0 fully saturated rings. The molecule has 1 aromatic heterocycles. The average Bonchev–Trinajstić information content (AvgIpc) is 2.71. The number of H-pyrrole nitrogens is 1. The van der Waals surface area contributed by atoms with Crippen LogP contribution in [-0.2, 0) is 0 Å². The normalized spacial score (nSPS) is 11.9. The Balaban J connectivity index is 2.52. The summed E-state index contributed by atoms with van der Waals surface area (Å²) in [6.45, 7) is 6.04. The Morgan fingerprint density at radius 1 is 1.31 bits per heavy atom. The SMILES string of the molecule is CCC(C)(C)C(=O)c1c[nH]c2ccccc12. The number of carbonyl (C=O) groups is 1. The Bertz CT molecular complexity index is 522. The molecule has 1 heterocycles. The molecule has 1 aromatic carbocycles. The molecule has 0 aliphatic carbocycles. The van der Waals surface area contributed by atoms with Crippen LogP contribution in [0.3, 0.4) is 0 Å². The fraction of sp³-hybridized carbons (Fsp3) is 0.357. The van der Waals surface area contributed by atoms with Crippen LogP contribution in [-0.4, -0.2) is 10.8 Å². The summed E-state index contributed by atoms with van der Waals surface area (Å²) >= 11 is 0. The standard InChI is InChI=1S/C14H17NO/c1-4-14(2,3)13(16)11-9-15-12-8-6-5-7-10(11)12/h5-9,15H,4H2,1-3H3. The van der Waals surface area contributed by atoms with Gasteiger partial charge in [-0.15, -0.1) is 0 Å². The molecule has 2 aromatic rings. The quantitative estimate of drug-likeness (QED) is 0.776. The lowest BCUT2D eigenvalue weighted by Crippen LogP contribution is -2.22. The van der Waals surface area contributed by atoms with Crippen LogP contribution >= 0.6 is 0 Å². The third kappa shape index (κ3) is 1.64. The molecular weight excluding hydrogens is 198 g/mol. The Morgan fingerprint density at radius 3 is 2.69 bits per heavy atom. The number of nitrogens with one attached hydrogen (secondary N) is 1. The van der Waals surface area contributed by atoms with Crippen LogP contribution in [0.1, 0.15) is 37.6 Å². The van der Waals surface area contributed by atoms with Crippen LogP contribution < -0.4 is 0 Å². The second-order valence-electron chi connectivity index (χ2n) is 4.81. The van der Waals surface area contributed by atoms with Crippen molar-refractivity contribution in [1.82, 2.24) is 4.98 Å². The van der Waals surface area contributed by atoms with E-state index in [0.29, 0.717) is 0 Å². The fourth-order valence-corrected chi connectivity index (χ4v) is 1.78. The minimum atomic E-state index is -0.287. The third-order valence-corrected chi connectivity index (χ3v) is 3.33. The van der Waals surface area contributed by atoms with Crippen molar-refractivity contribution in [2.75, 3.05) is 0 Å². The van der Waals surface area contributed by atoms with Crippen LogP contribution in [0.5, 0.6) is 0 Å². The molecule has 2 rings (SSSR count). The van der Waals surface area contributed by atoms with E-state index < -0.39 is 0 Å². The first kappa shape index (κ1) is 10.9. The van der Waals surface area contributed by atoms with Gasteiger partial charge in [-0.25, -0.2) is 0 Å². The zero-order chi connectivity index (χ0) is 11.8. The predicted molar refractivity (Wildman–Crippen MR) is 66.7 cm³/mol. The van der Waals surface area contributed by atoms with E-state index in [0.717, 1.165) is 22.9 Å². The number of hydrogen-bond acceptors (Lipinski definition) is 1. The smallest absolute Gasteiger partial charge is 0.170 e. The van der Waals surface area contributed by atoms with Gasteiger partial charge in [0.1, 0.15) is 0 Å². The van der Waals surface area contributed by atoms with Crippen molar-refractivity contribution in [3.63, 3.8) is 0 Å². The number of para-hydroxylation sites is 1. The zero-order valence-electron chi connectivity index (χ0n) is 10.0. The lowest BCUT2D eigenvalue weighted by Gasteiger charge is -2.20. The van der Waals surface area contributed by atoms with E-state index in [1.54, 1.807) is 0 Å². The second-order valence-corrected chi connectivity index (χ2v) is 4.81. The molecule has 0 bridgehead atoms. The number of Topliss-reactive ketones (excluding diaryl/α,β-unsaturated/α-hetero) is 1. The Morgan fingerprint density at radius 2 is 2.00 bits per heavy atom. The molecule has 0 aliphatic heterocycles. The first-order valence-electron chi connectivity index (χ1n) is 5.67. The molecule has 0 amide bonds. The van der Waals surface area contributed by atoms with Crippen LogP contribution in [0.2, 0.25) is 0 Å². The number of carbonyl (C=O) groups excluding carboxylic acids is 1. The molecule has 1 N–H and O–H groups in total. The molecule has 0 unspecified atom stereocenters. The summed E-state index contributed by atoms with van der Waals surface area (Å²) in [6.07, 6.45) is 2.68. The molecule has 2 heteroatoms. The van der Waals surface area contributed by atoms with Crippen molar-refractivity contribution in [3.05, 3.63) is 36.0 Å². The topological polar surface area (TPSA) is 32.9 Å². The van der Waals surface area contributed by atoms with Gasteiger partial charge in [-0.2, -0.15) is 0 Å². The summed E-state index contributed by atoms with van der Waals surface area (Å²) in [5.74, 6) is 0.215. The Hall–Kier alpha value is -1.57. The fourth-order valence-electron chi connectivity index (χ4n) is 1.78. The Kier molecular flexibility index (Phi) is 2.58. The van der Waals surface area contributed by atoms with Gasteiger partial charge in [0.15, 0.2) is 5.78 Å². The highest BCUT2D eigenvalue weighted by molar-refractivity contribution is 6.10. The van der Waals surface area contributed by atoms with Crippen molar-refractivity contribution in [1.29, 1.82) is 0 Å². The minimum Gasteiger partial charge on any atom is -0.360 e. The predicted octanol–water partition coefficient (Wildman–Crippen LogP) is 3.79. The van der Waals surface area contributed by atoms with Crippen molar-refractivity contribution in [2.45, 2.75) is 27.2 Å². The molecule has 0 saturated carbocycles. The monoisotopic (exact) mass is 215 g/mol. The van der Waals surface area contributed by atoms with Gasteiger partial charge in [0.2, 0.25) is 0 Å². The molecule has 16 heavy (non-hydrogen) atoms. The number of rotatable bonds is 3. The maximum atomic E-state index is 12.4. The Labute approximate surface area is 95.7 Å². The van der Waals surface area contributed by atoms with Gasteiger partial charge in [0.25, 0.3) is 0 Å². The molecule has 0 spiro atoms. The van der Waals surface area contributed by atoms with Gasteiger partial charge >= 0.3 is 0 Å². The van der Waals surface area contributed by atoms with E-state index >= 15 is 0 Å². The van der Waals surface area contributed by atoms with Crippen LogP contribution in [0.4, 0.5) is 0 Å². The molecule has 0 saturated heterocycles. The second kappa shape index (κ2) is 3.78. The highest BCUT2D eigenvalue weighted by Gasteiger charge is 2.28. The summed E-state index contributed by atoms with van der Waals surface area (Å²) < 4.78 is 0. The highest BCUT2D eigenvalue weighted by Crippen LogP contribution is 2.29. The van der Waals surface area contributed by atoms with Crippen LogP contribution in [0, 0.1) is 5.41 Å². The van der Waals surface area contributed by atoms with Crippen molar-refractivity contribution < 1.29 is 4.79 Å². The summed E-state index contributed by atoms with van der Waals surface area (Å²) in [7, 11) is 0. The largest absolute Gasteiger partial charge is 0.360 e. The summed E-state index contributed by atoms with van der Waals surface area (Å²) in [5, 5.41) is 1.02.